The average Bonchev–Trinajstić information content (AvgIpc) is 3.42. The van der Waals surface area contributed by atoms with Gasteiger partial charge in [0, 0.05) is 39.3 Å². The molecule has 2 aromatic heterocycles. The van der Waals surface area contributed by atoms with Crippen molar-refractivity contribution in [3.8, 4) is 5.75 Å². The molecule has 2 aliphatic rings. The lowest BCUT2D eigenvalue weighted by molar-refractivity contribution is -0.141. The molecule has 0 aliphatic carbocycles. The van der Waals surface area contributed by atoms with Crippen molar-refractivity contribution in [3.63, 3.8) is 0 Å². The fourth-order valence-corrected chi connectivity index (χ4v) is 4.69. The molecule has 4 heterocycles. The number of oxazole rings is 1. The molecule has 0 atom stereocenters. The van der Waals surface area contributed by atoms with Crippen molar-refractivity contribution in [2.24, 2.45) is 0 Å². The summed E-state index contributed by atoms with van der Waals surface area (Å²) in [7, 11) is 0. The molecule has 0 saturated carbocycles. The number of rotatable bonds is 5. The molecular weight excluding hydrogens is 553 g/mol. The first kappa shape index (κ1) is 27.6. The highest BCUT2D eigenvalue weighted by Gasteiger charge is 2.42. The van der Waals surface area contributed by atoms with E-state index in [1.807, 2.05) is 4.90 Å². The second-order valence-corrected chi connectivity index (χ2v) is 9.76. The number of hydrogen-bond acceptors (Lipinski definition) is 8. The van der Waals surface area contributed by atoms with Crippen LogP contribution in [0.1, 0.15) is 35.5 Å². The minimum Gasteiger partial charge on any atom is -0.417 e. The van der Waals surface area contributed by atoms with E-state index >= 15 is 0 Å². The highest BCUT2D eigenvalue weighted by molar-refractivity contribution is 6.32. The molecule has 2 saturated heterocycles. The van der Waals surface area contributed by atoms with Gasteiger partial charge in [-0.05, 0) is 43.5 Å². The van der Waals surface area contributed by atoms with Gasteiger partial charge in [0.05, 0.1) is 16.9 Å². The normalized spacial score (nSPS) is 16.1. The van der Waals surface area contributed by atoms with E-state index in [1.165, 1.54) is 12.3 Å². The first-order valence-corrected chi connectivity index (χ1v) is 13.1. The first-order chi connectivity index (χ1) is 19.2. The number of ether oxygens (including phenoxy) is 1. The van der Waals surface area contributed by atoms with Gasteiger partial charge < -0.3 is 29.2 Å². The fraction of sp³-hybridized carbons (Fsp3) is 0.385. The van der Waals surface area contributed by atoms with Crippen LogP contribution in [0.5, 0.6) is 5.75 Å². The number of piperazine rings is 1. The van der Waals surface area contributed by atoms with Crippen molar-refractivity contribution in [1.82, 2.24) is 14.9 Å². The largest absolute Gasteiger partial charge is 0.437 e. The Morgan fingerprint density at radius 3 is 2.33 bits per heavy atom. The molecular formula is C26H26ClF3N6O4. The molecule has 40 heavy (non-hydrogen) atoms. The number of anilines is 3. The van der Waals surface area contributed by atoms with E-state index in [4.69, 9.17) is 20.8 Å². The van der Waals surface area contributed by atoms with Gasteiger partial charge >= 0.3 is 12.3 Å². The lowest BCUT2D eigenvalue weighted by Gasteiger charge is -2.34. The highest BCUT2D eigenvalue weighted by Crippen LogP contribution is 2.35. The molecule has 212 valence electrons. The van der Waals surface area contributed by atoms with Crippen LogP contribution in [0.2, 0.25) is 5.02 Å². The SMILES string of the molecule is O=C(Nc1ccc(N2CCN(C(=O)Oc3ccccc3Cl)CC2)nc1)c1oc(N2CCCCC2)nc1C(F)(F)F. The Morgan fingerprint density at radius 2 is 1.68 bits per heavy atom. The summed E-state index contributed by atoms with van der Waals surface area (Å²) >= 11 is 6.05. The zero-order chi connectivity index (χ0) is 28.3. The van der Waals surface area contributed by atoms with Crippen LogP contribution in [0, 0.1) is 0 Å². The summed E-state index contributed by atoms with van der Waals surface area (Å²) in [6.45, 7) is 2.75. The zero-order valence-corrected chi connectivity index (χ0v) is 22.0. The van der Waals surface area contributed by atoms with E-state index in [0.717, 1.165) is 19.3 Å². The molecule has 1 N–H and O–H groups in total. The van der Waals surface area contributed by atoms with Crippen LogP contribution < -0.4 is 19.9 Å². The Bertz CT molecular complexity index is 1350. The quantitative estimate of drug-likeness (QED) is 0.435. The van der Waals surface area contributed by atoms with Crippen LogP contribution >= 0.6 is 11.6 Å². The zero-order valence-electron chi connectivity index (χ0n) is 21.3. The van der Waals surface area contributed by atoms with Crippen LogP contribution in [0.25, 0.3) is 0 Å². The third-order valence-corrected chi connectivity index (χ3v) is 6.93. The lowest BCUT2D eigenvalue weighted by atomic mass is 10.1. The van der Waals surface area contributed by atoms with Gasteiger partial charge in [-0.2, -0.15) is 18.2 Å². The van der Waals surface area contributed by atoms with Crippen LogP contribution in [-0.4, -0.2) is 66.1 Å². The van der Waals surface area contributed by atoms with Crippen molar-refractivity contribution < 1.29 is 31.9 Å². The van der Waals surface area contributed by atoms with Crippen LogP contribution in [-0.2, 0) is 6.18 Å². The Morgan fingerprint density at radius 1 is 0.950 bits per heavy atom. The summed E-state index contributed by atoms with van der Waals surface area (Å²) in [5.41, 5.74) is -1.17. The maximum Gasteiger partial charge on any atom is 0.437 e. The number of pyridine rings is 1. The number of nitrogens with zero attached hydrogens (tertiary/aromatic N) is 5. The predicted octanol–water partition coefficient (Wildman–Crippen LogP) is 5.31. The van der Waals surface area contributed by atoms with E-state index in [2.05, 4.69) is 15.3 Å². The molecule has 2 amide bonds. The minimum absolute atomic E-state index is 0.194. The van der Waals surface area contributed by atoms with Gasteiger partial charge in [-0.15, -0.1) is 0 Å². The number of amides is 2. The molecule has 5 rings (SSSR count). The Labute approximate surface area is 232 Å². The fourth-order valence-electron chi connectivity index (χ4n) is 4.51. The van der Waals surface area contributed by atoms with Crippen molar-refractivity contribution in [1.29, 1.82) is 0 Å². The lowest BCUT2D eigenvalue weighted by Crippen LogP contribution is -2.49. The van der Waals surface area contributed by atoms with Gasteiger partial charge in [-0.1, -0.05) is 23.7 Å². The molecule has 0 unspecified atom stereocenters. The van der Waals surface area contributed by atoms with Crippen molar-refractivity contribution in [3.05, 3.63) is 59.1 Å². The summed E-state index contributed by atoms with van der Waals surface area (Å²) in [5.74, 6) is -1.09. The number of halogens is 4. The molecule has 14 heteroatoms. The van der Waals surface area contributed by atoms with Crippen LogP contribution in [0.4, 0.5) is 35.5 Å². The number of carbonyl (C=O) groups excluding carboxylic acids is 2. The average molecular weight is 579 g/mol. The Balaban J connectivity index is 1.19. The van der Waals surface area contributed by atoms with E-state index in [0.29, 0.717) is 50.1 Å². The molecule has 10 nitrogen and oxygen atoms in total. The number of carbonyl (C=O) groups is 2. The van der Waals surface area contributed by atoms with Gasteiger partial charge in [0.15, 0.2) is 11.4 Å². The van der Waals surface area contributed by atoms with Crippen LogP contribution in [0.3, 0.4) is 0 Å². The summed E-state index contributed by atoms with van der Waals surface area (Å²) in [5, 5.41) is 2.75. The summed E-state index contributed by atoms with van der Waals surface area (Å²) in [6, 6.07) is 9.67. The van der Waals surface area contributed by atoms with Crippen molar-refractivity contribution in [2.75, 3.05) is 54.4 Å². The molecule has 0 radical (unpaired) electrons. The molecule has 0 spiro atoms. The monoisotopic (exact) mass is 578 g/mol. The molecule has 1 aromatic carbocycles. The van der Waals surface area contributed by atoms with Gasteiger partial charge in [-0.25, -0.2) is 9.78 Å². The smallest absolute Gasteiger partial charge is 0.417 e. The number of nitrogens with one attached hydrogen (secondary N) is 1. The maximum absolute atomic E-state index is 13.6. The number of benzene rings is 1. The van der Waals surface area contributed by atoms with E-state index in [-0.39, 0.29) is 17.5 Å². The second-order valence-electron chi connectivity index (χ2n) is 9.35. The Kier molecular flexibility index (Phi) is 8.01. The summed E-state index contributed by atoms with van der Waals surface area (Å²) in [6.07, 6.45) is -1.41. The van der Waals surface area contributed by atoms with Crippen molar-refractivity contribution >= 4 is 41.1 Å². The van der Waals surface area contributed by atoms with E-state index < -0.39 is 29.6 Å². The standard InChI is InChI=1S/C26H26ClF3N6O4/c27-18-6-2-3-7-19(18)39-25(38)36-14-12-34(13-15-36)20-9-8-17(16-31-20)32-23(37)21-22(26(28,29)30)33-24(40-21)35-10-4-1-5-11-35/h2-3,6-9,16H,1,4-5,10-15H2,(H,32,37). The van der Waals surface area contributed by atoms with Gasteiger partial charge in [0.2, 0.25) is 5.76 Å². The number of hydrogen-bond donors (Lipinski definition) is 1. The maximum atomic E-state index is 13.6. The number of para-hydroxylation sites is 1. The third-order valence-electron chi connectivity index (χ3n) is 6.62. The number of aromatic nitrogens is 2. The number of alkyl halides is 3. The third kappa shape index (κ3) is 6.24. The van der Waals surface area contributed by atoms with Crippen molar-refractivity contribution in [2.45, 2.75) is 25.4 Å². The van der Waals surface area contributed by atoms with Gasteiger partial charge in [-0.3, -0.25) is 4.79 Å². The Hall–Kier alpha value is -4.00. The number of piperidine rings is 1. The van der Waals surface area contributed by atoms with Crippen LogP contribution in [0.15, 0.2) is 47.0 Å². The minimum atomic E-state index is -4.85. The molecule has 2 fully saturated rings. The topological polar surface area (TPSA) is 104 Å². The first-order valence-electron chi connectivity index (χ1n) is 12.8. The molecule has 0 bridgehead atoms. The van der Waals surface area contributed by atoms with E-state index in [9.17, 15) is 22.8 Å². The molecule has 3 aromatic rings. The van der Waals surface area contributed by atoms with Gasteiger partial charge in [0.1, 0.15) is 5.82 Å². The second kappa shape index (κ2) is 11.6. The molecule has 2 aliphatic heterocycles. The highest BCUT2D eigenvalue weighted by atomic mass is 35.5. The van der Waals surface area contributed by atoms with Gasteiger partial charge in [0.25, 0.3) is 11.9 Å². The summed E-state index contributed by atoms with van der Waals surface area (Å²) in [4.78, 5) is 38.3. The predicted molar refractivity (Wildman–Crippen MR) is 141 cm³/mol. The summed E-state index contributed by atoms with van der Waals surface area (Å²) < 4.78 is 51.5. The van der Waals surface area contributed by atoms with E-state index in [1.54, 1.807) is 40.1 Å².